The lowest BCUT2D eigenvalue weighted by Gasteiger charge is -2.44. The molecule has 0 radical (unpaired) electrons. The fourth-order valence-electron chi connectivity index (χ4n) is 3.57. The van der Waals surface area contributed by atoms with Gasteiger partial charge in [-0.3, -0.25) is 14.4 Å². The van der Waals surface area contributed by atoms with Crippen molar-refractivity contribution in [3.8, 4) is 0 Å². The van der Waals surface area contributed by atoms with Gasteiger partial charge in [-0.1, -0.05) is 47.5 Å². The number of esters is 1. The lowest BCUT2D eigenvalue weighted by molar-refractivity contribution is -0.304. The summed E-state index contributed by atoms with van der Waals surface area (Å²) in [5, 5.41) is 5.70. The van der Waals surface area contributed by atoms with E-state index in [1.165, 1.54) is 0 Å². The SMILES string of the molecule is CCCCC(C(=O)NC(C)COC(=O)CCNC(=O)C1OC(C)(C)OCC1(C)C)C(C)C. The minimum Gasteiger partial charge on any atom is -0.463 e. The minimum atomic E-state index is -0.831. The highest BCUT2D eigenvalue weighted by Gasteiger charge is 2.45. The van der Waals surface area contributed by atoms with E-state index in [4.69, 9.17) is 14.2 Å². The van der Waals surface area contributed by atoms with Crippen molar-refractivity contribution < 1.29 is 28.6 Å². The normalized spacial score (nSPS) is 21.5. The molecule has 0 aliphatic carbocycles. The van der Waals surface area contributed by atoms with Crippen LogP contribution in [-0.2, 0) is 28.6 Å². The number of carbonyl (C=O) groups is 3. The Morgan fingerprint density at radius 2 is 1.78 bits per heavy atom. The summed E-state index contributed by atoms with van der Waals surface area (Å²) in [6.45, 7) is 16.0. The zero-order valence-corrected chi connectivity index (χ0v) is 21.2. The van der Waals surface area contributed by atoms with E-state index in [1.54, 1.807) is 13.8 Å². The second-order valence-electron chi connectivity index (χ2n) is 10.3. The molecule has 1 heterocycles. The number of hydrogen-bond donors (Lipinski definition) is 2. The van der Waals surface area contributed by atoms with Crippen molar-refractivity contribution in [2.75, 3.05) is 19.8 Å². The van der Waals surface area contributed by atoms with Crippen molar-refractivity contribution >= 4 is 17.8 Å². The van der Waals surface area contributed by atoms with Crippen molar-refractivity contribution in [3.05, 3.63) is 0 Å². The van der Waals surface area contributed by atoms with Crippen LogP contribution in [0.25, 0.3) is 0 Å². The van der Waals surface area contributed by atoms with Crippen LogP contribution in [0.2, 0.25) is 0 Å². The highest BCUT2D eigenvalue weighted by atomic mass is 16.7. The van der Waals surface area contributed by atoms with E-state index >= 15 is 0 Å². The first kappa shape index (κ1) is 28.4. The van der Waals surface area contributed by atoms with E-state index in [0.29, 0.717) is 6.61 Å². The Hall–Kier alpha value is -1.67. The third-order valence-electron chi connectivity index (χ3n) is 5.66. The molecule has 1 aliphatic rings. The van der Waals surface area contributed by atoms with Crippen molar-refractivity contribution in [2.24, 2.45) is 17.3 Å². The largest absolute Gasteiger partial charge is 0.463 e. The van der Waals surface area contributed by atoms with Gasteiger partial charge < -0.3 is 24.8 Å². The molecule has 1 rings (SSSR count). The fraction of sp³-hybridized carbons (Fsp3) is 0.875. The van der Waals surface area contributed by atoms with E-state index < -0.39 is 23.3 Å². The van der Waals surface area contributed by atoms with Gasteiger partial charge in [-0.25, -0.2) is 0 Å². The molecule has 0 bridgehead atoms. The summed E-state index contributed by atoms with van der Waals surface area (Å²) in [4.78, 5) is 37.2. The van der Waals surface area contributed by atoms with Gasteiger partial charge in [0, 0.05) is 17.9 Å². The molecule has 1 aliphatic heterocycles. The average Bonchev–Trinajstić information content (AvgIpc) is 2.68. The Morgan fingerprint density at radius 1 is 1.12 bits per heavy atom. The van der Waals surface area contributed by atoms with E-state index in [0.717, 1.165) is 19.3 Å². The van der Waals surface area contributed by atoms with Crippen LogP contribution < -0.4 is 10.6 Å². The van der Waals surface area contributed by atoms with Crippen molar-refractivity contribution in [1.82, 2.24) is 10.6 Å². The molecule has 3 unspecified atom stereocenters. The molecule has 32 heavy (non-hydrogen) atoms. The smallest absolute Gasteiger partial charge is 0.307 e. The molecule has 0 aromatic heterocycles. The lowest BCUT2D eigenvalue weighted by atomic mass is 9.85. The van der Waals surface area contributed by atoms with Gasteiger partial charge in [-0.2, -0.15) is 0 Å². The number of amides is 2. The highest BCUT2D eigenvalue weighted by Crippen LogP contribution is 2.34. The van der Waals surface area contributed by atoms with E-state index in [1.807, 2.05) is 34.6 Å². The van der Waals surface area contributed by atoms with Gasteiger partial charge in [0.1, 0.15) is 12.7 Å². The summed E-state index contributed by atoms with van der Waals surface area (Å²) < 4.78 is 16.7. The molecular formula is C24H44N2O6. The average molecular weight is 457 g/mol. The number of rotatable bonds is 12. The minimum absolute atomic E-state index is 0.00580. The Balaban J connectivity index is 2.37. The molecule has 186 valence electrons. The maximum atomic E-state index is 12.6. The summed E-state index contributed by atoms with van der Waals surface area (Å²) in [7, 11) is 0. The topological polar surface area (TPSA) is 103 Å². The molecular weight excluding hydrogens is 412 g/mol. The van der Waals surface area contributed by atoms with Crippen LogP contribution in [0.1, 0.15) is 81.1 Å². The van der Waals surface area contributed by atoms with E-state index in [-0.39, 0.29) is 49.3 Å². The second kappa shape index (κ2) is 12.5. The molecule has 0 saturated carbocycles. The molecule has 0 aromatic rings. The Kier molecular flexibility index (Phi) is 11.1. The van der Waals surface area contributed by atoms with Crippen LogP contribution in [-0.4, -0.2) is 55.5 Å². The van der Waals surface area contributed by atoms with Crippen LogP contribution in [0, 0.1) is 17.3 Å². The van der Waals surface area contributed by atoms with Gasteiger partial charge in [-0.05, 0) is 33.1 Å². The molecule has 8 nitrogen and oxygen atoms in total. The monoisotopic (exact) mass is 456 g/mol. The first-order chi connectivity index (χ1) is 14.8. The van der Waals surface area contributed by atoms with Crippen molar-refractivity contribution in [3.63, 3.8) is 0 Å². The molecule has 1 saturated heterocycles. The quantitative estimate of drug-likeness (QED) is 0.437. The molecule has 2 N–H and O–H groups in total. The summed E-state index contributed by atoms with van der Waals surface area (Å²) in [6.07, 6.45) is 2.30. The van der Waals surface area contributed by atoms with Crippen LogP contribution >= 0.6 is 0 Å². The Morgan fingerprint density at radius 3 is 2.38 bits per heavy atom. The van der Waals surface area contributed by atoms with Gasteiger partial charge in [0.05, 0.1) is 19.1 Å². The van der Waals surface area contributed by atoms with Crippen LogP contribution in [0.15, 0.2) is 0 Å². The van der Waals surface area contributed by atoms with Gasteiger partial charge in [-0.15, -0.1) is 0 Å². The first-order valence-electron chi connectivity index (χ1n) is 11.8. The number of nitrogens with one attached hydrogen (secondary N) is 2. The van der Waals surface area contributed by atoms with Gasteiger partial charge in [0.2, 0.25) is 11.8 Å². The molecule has 0 spiro atoms. The molecule has 1 fully saturated rings. The Labute approximate surface area is 193 Å². The zero-order chi connectivity index (χ0) is 24.5. The van der Waals surface area contributed by atoms with Crippen molar-refractivity contribution in [1.29, 1.82) is 0 Å². The molecule has 0 aromatic carbocycles. The lowest BCUT2D eigenvalue weighted by Crippen LogP contribution is -2.56. The second-order valence-corrected chi connectivity index (χ2v) is 10.3. The number of ether oxygens (including phenoxy) is 3. The van der Waals surface area contributed by atoms with Crippen molar-refractivity contribution in [2.45, 2.75) is 99.0 Å². The summed E-state index contributed by atoms with van der Waals surface area (Å²) in [5.41, 5.74) is -0.473. The standard InChI is InChI=1S/C24H44N2O6/c1-9-10-11-18(16(2)3)21(28)26-17(4)14-30-19(27)12-13-25-22(29)20-23(5,6)15-31-24(7,8)32-20/h16-18,20H,9-15H2,1-8H3,(H,25,29)(H,26,28). The highest BCUT2D eigenvalue weighted by molar-refractivity contribution is 5.82. The molecule has 8 heteroatoms. The first-order valence-corrected chi connectivity index (χ1v) is 11.8. The van der Waals surface area contributed by atoms with Crippen LogP contribution in [0.5, 0.6) is 0 Å². The third kappa shape index (κ3) is 9.45. The van der Waals surface area contributed by atoms with Gasteiger partial charge in [0.25, 0.3) is 0 Å². The molecule has 2 amide bonds. The Bertz CT molecular complexity index is 632. The maximum absolute atomic E-state index is 12.6. The number of unbranched alkanes of at least 4 members (excludes halogenated alkanes) is 1. The zero-order valence-electron chi connectivity index (χ0n) is 21.2. The number of carbonyl (C=O) groups excluding carboxylic acids is 3. The predicted molar refractivity (Wildman–Crippen MR) is 123 cm³/mol. The van der Waals surface area contributed by atoms with E-state index in [9.17, 15) is 14.4 Å². The van der Waals surface area contributed by atoms with Gasteiger partial charge in [0.15, 0.2) is 5.79 Å². The summed E-state index contributed by atoms with van der Waals surface area (Å²) in [5.74, 6) is -1.30. The van der Waals surface area contributed by atoms with Crippen LogP contribution in [0.3, 0.4) is 0 Å². The summed E-state index contributed by atoms with van der Waals surface area (Å²) >= 11 is 0. The fourth-order valence-corrected chi connectivity index (χ4v) is 3.57. The van der Waals surface area contributed by atoms with E-state index in [2.05, 4.69) is 17.6 Å². The predicted octanol–water partition coefficient (Wildman–Crippen LogP) is 3.18. The number of hydrogen-bond acceptors (Lipinski definition) is 6. The van der Waals surface area contributed by atoms with Crippen LogP contribution in [0.4, 0.5) is 0 Å². The summed E-state index contributed by atoms with van der Waals surface area (Å²) in [6, 6.07) is -0.275. The maximum Gasteiger partial charge on any atom is 0.307 e. The third-order valence-corrected chi connectivity index (χ3v) is 5.66. The molecule has 3 atom stereocenters. The van der Waals surface area contributed by atoms with Gasteiger partial charge >= 0.3 is 5.97 Å².